The lowest BCUT2D eigenvalue weighted by atomic mass is 10.2. The summed E-state index contributed by atoms with van der Waals surface area (Å²) in [4.78, 5) is 14.7. The Morgan fingerprint density at radius 1 is 1.07 bits per heavy atom. The fraction of sp³-hybridized carbons (Fsp3) is 0.273. The van der Waals surface area contributed by atoms with Crippen LogP contribution in [0.2, 0.25) is 0 Å². The summed E-state index contributed by atoms with van der Waals surface area (Å²) in [6.07, 6.45) is 1.73. The van der Waals surface area contributed by atoms with Crippen LogP contribution in [0.1, 0.15) is 29.9 Å². The molecule has 0 fully saturated rings. The highest BCUT2D eigenvalue weighted by atomic mass is 16.5. The average molecular weight is 378 g/mol. The number of benzene rings is 2. The molecular formula is C22H26N4O2. The monoisotopic (exact) mass is 378 g/mol. The molecule has 28 heavy (non-hydrogen) atoms. The van der Waals surface area contributed by atoms with E-state index >= 15 is 0 Å². The molecular weight excluding hydrogens is 352 g/mol. The fourth-order valence-corrected chi connectivity index (χ4v) is 2.95. The highest BCUT2D eigenvalue weighted by Crippen LogP contribution is 2.19. The zero-order valence-electron chi connectivity index (χ0n) is 16.6. The molecule has 0 saturated heterocycles. The van der Waals surface area contributed by atoms with Gasteiger partial charge < -0.3 is 15.0 Å². The minimum absolute atomic E-state index is 0.245. The fourth-order valence-electron chi connectivity index (χ4n) is 2.95. The normalized spacial score (nSPS) is 10.5. The summed E-state index contributed by atoms with van der Waals surface area (Å²) in [7, 11) is 0. The number of amides is 1. The van der Waals surface area contributed by atoms with Gasteiger partial charge in [0.25, 0.3) is 5.91 Å². The highest BCUT2D eigenvalue weighted by Gasteiger charge is 2.11. The molecule has 2 aromatic carbocycles. The number of carbonyl (C=O) groups excluding carboxylic acids is 1. The van der Waals surface area contributed by atoms with E-state index in [0.29, 0.717) is 5.69 Å². The van der Waals surface area contributed by atoms with Crippen LogP contribution in [0.3, 0.4) is 0 Å². The third kappa shape index (κ3) is 4.71. The molecule has 3 rings (SSSR count). The smallest absolute Gasteiger partial charge is 0.276 e. The Bertz CT molecular complexity index is 914. The van der Waals surface area contributed by atoms with Gasteiger partial charge in [0, 0.05) is 30.7 Å². The number of hydrogen-bond donors (Lipinski definition) is 1. The Labute approximate surface area is 165 Å². The van der Waals surface area contributed by atoms with Crippen molar-refractivity contribution < 1.29 is 9.53 Å². The van der Waals surface area contributed by atoms with E-state index in [0.717, 1.165) is 35.8 Å². The Kier molecular flexibility index (Phi) is 6.32. The van der Waals surface area contributed by atoms with Crippen molar-refractivity contribution in [2.24, 2.45) is 0 Å². The molecule has 0 bridgehead atoms. The molecule has 0 atom stereocenters. The third-order valence-corrected chi connectivity index (χ3v) is 4.57. The molecule has 146 valence electrons. The minimum atomic E-state index is -0.245. The molecule has 0 aliphatic carbocycles. The Balaban J connectivity index is 1.59. The lowest BCUT2D eigenvalue weighted by Crippen LogP contribution is -2.21. The number of nitrogens with one attached hydrogen (secondary N) is 1. The number of para-hydroxylation sites is 1. The zero-order valence-corrected chi connectivity index (χ0v) is 16.6. The van der Waals surface area contributed by atoms with Gasteiger partial charge in [-0.1, -0.05) is 18.2 Å². The van der Waals surface area contributed by atoms with Crippen molar-refractivity contribution in [2.75, 3.05) is 23.3 Å². The van der Waals surface area contributed by atoms with Crippen LogP contribution in [0, 0.1) is 6.92 Å². The van der Waals surface area contributed by atoms with Crippen LogP contribution >= 0.6 is 0 Å². The average Bonchev–Trinajstić information content (AvgIpc) is 3.19. The molecule has 0 aliphatic rings. The first-order chi connectivity index (χ1) is 13.6. The molecule has 6 heteroatoms. The van der Waals surface area contributed by atoms with Crippen molar-refractivity contribution in [1.82, 2.24) is 9.78 Å². The van der Waals surface area contributed by atoms with Gasteiger partial charge in [-0.2, -0.15) is 5.10 Å². The van der Waals surface area contributed by atoms with Crippen LogP contribution in [0.25, 0.3) is 0 Å². The van der Waals surface area contributed by atoms with Crippen molar-refractivity contribution in [1.29, 1.82) is 0 Å². The van der Waals surface area contributed by atoms with E-state index in [1.165, 1.54) is 0 Å². The lowest BCUT2D eigenvalue weighted by Gasteiger charge is -2.21. The van der Waals surface area contributed by atoms with Gasteiger partial charge in [-0.3, -0.25) is 4.79 Å². The summed E-state index contributed by atoms with van der Waals surface area (Å²) < 4.78 is 7.36. The van der Waals surface area contributed by atoms with Crippen LogP contribution in [0.5, 0.6) is 5.75 Å². The molecule has 0 aliphatic heterocycles. The maximum Gasteiger partial charge on any atom is 0.276 e. The summed E-state index contributed by atoms with van der Waals surface area (Å²) in [6, 6.07) is 17.3. The summed E-state index contributed by atoms with van der Waals surface area (Å²) in [5.41, 5.74) is 3.29. The Morgan fingerprint density at radius 2 is 1.79 bits per heavy atom. The number of aromatic nitrogens is 2. The number of carbonyl (C=O) groups is 1. The van der Waals surface area contributed by atoms with E-state index in [2.05, 4.69) is 29.2 Å². The molecule has 1 aromatic heterocycles. The first-order valence-corrected chi connectivity index (χ1v) is 9.49. The summed E-state index contributed by atoms with van der Waals surface area (Å²) in [6.45, 7) is 8.38. The van der Waals surface area contributed by atoms with Crippen molar-refractivity contribution in [2.45, 2.75) is 27.5 Å². The predicted molar refractivity (Wildman–Crippen MR) is 112 cm³/mol. The first-order valence-electron chi connectivity index (χ1n) is 9.49. The number of anilines is 2. The lowest BCUT2D eigenvalue weighted by molar-refractivity contribution is 0.102. The second-order valence-corrected chi connectivity index (χ2v) is 6.45. The van der Waals surface area contributed by atoms with Gasteiger partial charge in [0.1, 0.15) is 5.75 Å². The molecule has 1 heterocycles. The van der Waals surface area contributed by atoms with Crippen molar-refractivity contribution in [3.8, 4) is 5.75 Å². The van der Waals surface area contributed by atoms with Crippen LogP contribution < -0.4 is 15.0 Å². The van der Waals surface area contributed by atoms with Gasteiger partial charge in [-0.15, -0.1) is 0 Å². The first kappa shape index (κ1) is 19.5. The van der Waals surface area contributed by atoms with E-state index in [4.69, 9.17) is 4.74 Å². The van der Waals surface area contributed by atoms with E-state index in [9.17, 15) is 4.79 Å². The summed E-state index contributed by atoms with van der Waals surface area (Å²) >= 11 is 0. The van der Waals surface area contributed by atoms with Gasteiger partial charge in [0.05, 0.1) is 0 Å². The molecule has 1 amide bonds. The van der Waals surface area contributed by atoms with Crippen LogP contribution in [0.15, 0.2) is 60.8 Å². The SMILES string of the molecule is CCN(CC)c1ccc(NC(=O)c2ccn(COc3ccccc3C)n2)cc1. The van der Waals surface area contributed by atoms with Crippen molar-refractivity contribution in [3.63, 3.8) is 0 Å². The molecule has 3 aromatic rings. The standard InChI is InChI=1S/C22H26N4O2/c1-4-25(5-2)19-12-10-18(11-13-19)23-22(27)20-14-15-26(24-20)16-28-21-9-7-6-8-17(21)3/h6-15H,4-5,16H2,1-3H3,(H,23,27). The number of nitrogens with zero attached hydrogens (tertiary/aromatic N) is 3. The Hall–Kier alpha value is -3.28. The van der Waals surface area contributed by atoms with Gasteiger partial charge >= 0.3 is 0 Å². The van der Waals surface area contributed by atoms with Gasteiger partial charge in [-0.25, -0.2) is 4.68 Å². The highest BCUT2D eigenvalue weighted by molar-refractivity contribution is 6.02. The molecule has 0 saturated carbocycles. The van der Waals surface area contributed by atoms with E-state index in [-0.39, 0.29) is 12.6 Å². The number of ether oxygens (including phenoxy) is 1. The zero-order chi connectivity index (χ0) is 19.9. The molecule has 0 radical (unpaired) electrons. The van der Waals surface area contributed by atoms with Crippen LogP contribution in [-0.4, -0.2) is 28.8 Å². The van der Waals surface area contributed by atoms with Crippen LogP contribution in [0.4, 0.5) is 11.4 Å². The molecule has 0 spiro atoms. The maximum absolute atomic E-state index is 12.4. The van der Waals surface area contributed by atoms with E-state index in [1.807, 2.05) is 55.5 Å². The topological polar surface area (TPSA) is 59.4 Å². The second kappa shape index (κ2) is 9.08. The maximum atomic E-state index is 12.4. The minimum Gasteiger partial charge on any atom is -0.471 e. The number of aryl methyl sites for hydroxylation is 1. The largest absolute Gasteiger partial charge is 0.471 e. The number of hydrogen-bond acceptors (Lipinski definition) is 4. The van der Waals surface area contributed by atoms with Gasteiger partial charge in [-0.05, 0) is 62.7 Å². The molecule has 0 unspecified atom stereocenters. The van der Waals surface area contributed by atoms with Crippen LogP contribution in [-0.2, 0) is 6.73 Å². The summed E-state index contributed by atoms with van der Waals surface area (Å²) in [5, 5.41) is 7.18. The van der Waals surface area contributed by atoms with Gasteiger partial charge in [0.15, 0.2) is 12.4 Å². The molecule has 6 nitrogen and oxygen atoms in total. The quantitative estimate of drug-likeness (QED) is 0.634. The Morgan fingerprint density at radius 3 is 2.46 bits per heavy atom. The predicted octanol–water partition coefficient (Wildman–Crippen LogP) is 4.33. The van der Waals surface area contributed by atoms with E-state index in [1.54, 1.807) is 16.9 Å². The van der Waals surface area contributed by atoms with Crippen molar-refractivity contribution >= 4 is 17.3 Å². The second-order valence-electron chi connectivity index (χ2n) is 6.45. The summed E-state index contributed by atoms with van der Waals surface area (Å²) in [5.74, 6) is 0.558. The third-order valence-electron chi connectivity index (χ3n) is 4.57. The number of rotatable bonds is 8. The molecule has 1 N–H and O–H groups in total. The van der Waals surface area contributed by atoms with E-state index < -0.39 is 0 Å². The van der Waals surface area contributed by atoms with Gasteiger partial charge in [0.2, 0.25) is 0 Å². The van der Waals surface area contributed by atoms with Crippen molar-refractivity contribution in [3.05, 3.63) is 72.1 Å².